The van der Waals surface area contributed by atoms with E-state index in [4.69, 9.17) is 9.84 Å². The number of likely N-dealkylation sites (tertiary alicyclic amines) is 1. The molecule has 4 rings (SSSR count). The Bertz CT molecular complexity index is 828. The first-order valence-corrected chi connectivity index (χ1v) is 10.4. The number of fused-ring (bicyclic) bond motifs is 1. The van der Waals surface area contributed by atoms with E-state index in [9.17, 15) is 0 Å². The van der Waals surface area contributed by atoms with Crippen molar-refractivity contribution in [2.75, 3.05) is 25.4 Å². The lowest BCUT2D eigenvalue weighted by molar-refractivity contribution is 0.224. The van der Waals surface area contributed by atoms with Crippen molar-refractivity contribution in [2.24, 2.45) is 0 Å². The number of hydrogen-bond donors (Lipinski definition) is 0. The van der Waals surface area contributed by atoms with Gasteiger partial charge in [0.2, 0.25) is 0 Å². The third-order valence-corrected chi connectivity index (χ3v) is 5.78. The highest BCUT2D eigenvalue weighted by Crippen LogP contribution is 2.27. The van der Waals surface area contributed by atoms with Crippen LogP contribution >= 0.6 is 11.8 Å². The molecule has 0 radical (unpaired) electrons. The summed E-state index contributed by atoms with van der Waals surface area (Å²) >= 11 is 1.86. The average molecular weight is 368 g/mol. The van der Waals surface area contributed by atoms with Crippen molar-refractivity contribution in [1.82, 2.24) is 14.7 Å². The molecule has 2 heterocycles. The Morgan fingerprint density at radius 3 is 2.54 bits per heavy atom. The fourth-order valence-corrected chi connectivity index (χ4v) is 4.44. The molecular formula is C21H25N3OS. The van der Waals surface area contributed by atoms with Crippen molar-refractivity contribution >= 4 is 22.7 Å². The molecule has 1 aliphatic rings. The summed E-state index contributed by atoms with van der Waals surface area (Å²) in [6.45, 7) is 4.07. The maximum absolute atomic E-state index is 5.90. The third-order valence-electron chi connectivity index (χ3n) is 4.82. The van der Waals surface area contributed by atoms with Gasteiger partial charge >= 0.3 is 0 Å². The van der Waals surface area contributed by atoms with Crippen molar-refractivity contribution in [1.29, 1.82) is 0 Å². The van der Waals surface area contributed by atoms with Crippen LogP contribution in [0.4, 0.5) is 0 Å². The molecule has 0 amide bonds. The molecule has 0 bridgehead atoms. The van der Waals surface area contributed by atoms with Gasteiger partial charge in [-0.1, -0.05) is 42.8 Å². The number of benzene rings is 2. The Labute approximate surface area is 159 Å². The summed E-state index contributed by atoms with van der Waals surface area (Å²) in [4.78, 5) is 2.58. The van der Waals surface area contributed by atoms with Crippen LogP contribution in [0.3, 0.4) is 0 Å². The van der Waals surface area contributed by atoms with Crippen molar-refractivity contribution in [3.05, 3.63) is 54.6 Å². The lowest BCUT2D eigenvalue weighted by Gasteiger charge is -2.25. The molecule has 4 nitrogen and oxygen atoms in total. The minimum absolute atomic E-state index is 0.428. The Kier molecular flexibility index (Phi) is 5.77. The molecule has 0 spiro atoms. The fourth-order valence-electron chi connectivity index (χ4n) is 3.41. The molecule has 2 aromatic carbocycles. The zero-order valence-corrected chi connectivity index (χ0v) is 15.8. The molecule has 1 aromatic heterocycles. The van der Waals surface area contributed by atoms with Crippen molar-refractivity contribution in [3.63, 3.8) is 0 Å². The standard InChI is InChI=1S/C21H25N3OS/c1-3-9-18(10-4-1)25-17-24-20-12-6-5-11-19(20)21(22-24)26-16-15-23-13-7-2-8-14-23/h1,3-6,9-12H,2,7-8,13-17H2. The second-order valence-corrected chi connectivity index (χ2v) is 7.74. The largest absolute Gasteiger partial charge is 0.471 e. The van der Waals surface area contributed by atoms with E-state index >= 15 is 0 Å². The lowest BCUT2D eigenvalue weighted by atomic mass is 10.1. The van der Waals surface area contributed by atoms with Gasteiger partial charge in [0.1, 0.15) is 10.8 Å². The normalized spacial score (nSPS) is 15.4. The topological polar surface area (TPSA) is 30.3 Å². The van der Waals surface area contributed by atoms with Gasteiger partial charge in [0, 0.05) is 17.7 Å². The number of piperidine rings is 1. The summed E-state index contributed by atoms with van der Waals surface area (Å²) in [5.41, 5.74) is 1.13. The van der Waals surface area contributed by atoms with E-state index in [1.807, 2.05) is 46.8 Å². The van der Waals surface area contributed by atoms with Crippen LogP contribution in [0.25, 0.3) is 10.9 Å². The van der Waals surface area contributed by atoms with Crippen molar-refractivity contribution in [2.45, 2.75) is 31.0 Å². The fraction of sp³-hybridized carbons (Fsp3) is 0.381. The first kappa shape index (κ1) is 17.4. The van der Waals surface area contributed by atoms with E-state index in [1.165, 1.54) is 37.7 Å². The second kappa shape index (κ2) is 8.60. The lowest BCUT2D eigenvalue weighted by Crippen LogP contribution is -2.31. The predicted molar refractivity (Wildman–Crippen MR) is 108 cm³/mol. The first-order valence-electron chi connectivity index (χ1n) is 9.39. The number of rotatable bonds is 7. The van der Waals surface area contributed by atoms with E-state index in [0.29, 0.717) is 6.73 Å². The number of aromatic nitrogens is 2. The van der Waals surface area contributed by atoms with E-state index in [0.717, 1.165) is 28.6 Å². The molecule has 26 heavy (non-hydrogen) atoms. The van der Waals surface area contributed by atoms with E-state index in [2.05, 4.69) is 29.2 Å². The summed E-state index contributed by atoms with van der Waals surface area (Å²) in [5, 5.41) is 7.14. The van der Waals surface area contributed by atoms with Crippen molar-refractivity contribution < 1.29 is 4.74 Å². The molecule has 1 saturated heterocycles. The van der Waals surface area contributed by atoms with Crippen molar-refractivity contribution in [3.8, 4) is 5.75 Å². The SMILES string of the molecule is c1ccc(OCn2nc(SCCN3CCCCC3)c3ccccc32)cc1. The zero-order chi connectivity index (χ0) is 17.6. The van der Waals surface area contributed by atoms with Gasteiger partial charge in [-0.25, -0.2) is 4.68 Å². The highest BCUT2D eigenvalue weighted by atomic mass is 32.2. The number of thioether (sulfide) groups is 1. The molecule has 5 heteroatoms. The molecule has 0 atom stereocenters. The summed E-state index contributed by atoms with van der Waals surface area (Å²) in [6, 6.07) is 18.3. The maximum Gasteiger partial charge on any atom is 0.181 e. The maximum atomic E-state index is 5.90. The highest BCUT2D eigenvalue weighted by Gasteiger charge is 2.13. The van der Waals surface area contributed by atoms with Gasteiger partial charge in [0.05, 0.1) is 5.52 Å². The van der Waals surface area contributed by atoms with Crippen LogP contribution < -0.4 is 4.74 Å². The average Bonchev–Trinajstić information content (AvgIpc) is 3.06. The molecule has 0 saturated carbocycles. The molecule has 0 N–H and O–H groups in total. The highest BCUT2D eigenvalue weighted by molar-refractivity contribution is 7.99. The minimum Gasteiger partial charge on any atom is -0.471 e. The molecular weight excluding hydrogens is 342 g/mol. The Morgan fingerprint density at radius 1 is 0.923 bits per heavy atom. The van der Waals surface area contributed by atoms with Gasteiger partial charge in [-0.2, -0.15) is 5.10 Å². The van der Waals surface area contributed by atoms with Crippen LogP contribution in [-0.4, -0.2) is 40.1 Å². The summed E-state index contributed by atoms with van der Waals surface area (Å²) in [7, 11) is 0. The molecule has 3 aromatic rings. The first-order chi connectivity index (χ1) is 12.9. The Balaban J connectivity index is 1.43. The van der Waals surface area contributed by atoms with Gasteiger partial charge in [-0.3, -0.25) is 0 Å². The van der Waals surface area contributed by atoms with Gasteiger partial charge < -0.3 is 9.64 Å². The number of para-hydroxylation sites is 2. The molecule has 1 fully saturated rings. The molecule has 1 aliphatic heterocycles. The van der Waals surface area contributed by atoms with E-state index in [-0.39, 0.29) is 0 Å². The number of hydrogen-bond acceptors (Lipinski definition) is 4. The summed E-state index contributed by atoms with van der Waals surface area (Å²) < 4.78 is 7.86. The Hall–Kier alpha value is -1.98. The van der Waals surface area contributed by atoms with Crippen LogP contribution in [0.5, 0.6) is 5.75 Å². The van der Waals surface area contributed by atoms with Gasteiger partial charge in [-0.15, -0.1) is 11.8 Å². The minimum atomic E-state index is 0.428. The van der Waals surface area contributed by atoms with Crippen LogP contribution in [0.1, 0.15) is 19.3 Å². The predicted octanol–water partition coefficient (Wildman–Crippen LogP) is 4.65. The summed E-state index contributed by atoms with van der Waals surface area (Å²) in [5.74, 6) is 1.95. The van der Waals surface area contributed by atoms with E-state index < -0.39 is 0 Å². The van der Waals surface area contributed by atoms with Crippen LogP contribution in [0.15, 0.2) is 59.6 Å². The molecule has 0 aliphatic carbocycles. The van der Waals surface area contributed by atoms with Crippen LogP contribution in [0.2, 0.25) is 0 Å². The number of ether oxygens (including phenoxy) is 1. The molecule has 0 unspecified atom stereocenters. The van der Waals surface area contributed by atoms with Crippen LogP contribution in [0, 0.1) is 0 Å². The Morgan fingerprint density at radius 2 is 1.69 bits per heavy atom. The second-order valence-electron chi connectivity index (χ2n) is 6.66. The quantitative estimate of drug-likeness (QED) is 0.569. The number of nitrogens with zero attached hydrogens (tertiary/aromatic N) is 3. The summed E-state index contributed by atoms with van der Waals surface area (Å²) in [6.07, 6.45) is 4.08. The smallest absolute Gasteiger partial charge is 0.181 e. The van der Waals surface area contributed by atoms with E-state index in [1.54, 1.807) is 0 Å². The van der Waals surface area contributed by atoms with Crippen LogP contribution in [-0.2, 0) is 6.73 Å². The van der Waals surface area contributed by atoms with Gasteiger partial charge in [0.15, 0.2) is 6.73 Å². The van der Waals surface area contributed by atoms with Gasteiger partial charge in [0.25, 0.3) is 0 Å². The van der Waals surface area contributed by atoms with Gasteiger partial charge in [-0.05, 0) is 44.1 Å². The molecule has 136 valence electrons. The third kappa shape index (κ3) is 4.22. The zero-order valence-electron chi connectivity index (χ0n) is 15.0. The monoisotopic (exact) mass is 367 g/mol.